The van der Waals surface area contributed by atoms with Crippen LogP contribution in [0.1, 0.15) is 37.3 Å². The smallest absolute Gasteiger partial charge is 0.234 e. The van der Waals surface area contributed by atoms with E-state index in [1.807, 2.05) is 27.7 Å². The van der Waals surface area contributed by atoms with Gasteiger partial charge in [-0.25, -0.2) is 0 Å². The Morgan fingerprint density at radius 2 is 1.65 bits per heavy atom. The van der Waals surface area contributed by atoms with Crippen LogP contribution in [0.3, 0.4) is 0 Å². The molecule has 0 saturated heterocycles. The Kier molecular flexibility index (Phi) is 7.26. The summed E-state index contributed by atoms with van der Waals surface area (Å²) in [5.74, 6) is 2.07. The molecule has 2 aromatic rings. The fourth-order valence-electron chi connectivity index (χ4n) is 2.37. The van der Waals surface area contributed by atoms with Crippen LogP contribution in [0.4, 0.5) is 11.4 Å². The van der Waals surface area contributed by atoms with Gasteiger partial charge in [-0.05, 0) is 44.0 Å². The van der Waals surface area contributed by atoms with Gasteiger partial charge in [0.15, 0.2) is 0 Å². The van der Waals surface area contributed by atoms with E-state index in [2.05, 4.69) is 15.8 Å². The number of aromatic nitrogens is 1. The highest BCUT2D eigenvalue weighted by Gasteiger charge is 2.10. The second-order valence-electron chi connectivity index (χ2n) is 6.57. The highest BCUT2D eigenvalue weighted by molar-refractivity contribution is 7.99. The lowest BCUT2D eigenvalue weighted by molar-refractivity contribution is -0.117. The number of benzene rings is 1. The van der Waals surface area contributed by atoms with Gasteiger partial charge in [0, 0.05) is 29.1 Å². The van der Waals surface area contributed by atoms with Crippen molar-refractivity contribution in [2.45, 2.75) is 39.9 Å². The number of carbonyl (C=O) groups excluding carboxylic acids is 2. The zero-order valence-corrected chi connectivity index (χ0v) is 16.4. The van der Waals surface area contributed by atoms with E-state index < -0.39 is 0 Å². The van der Waals surface area contributed by atoms with Crippen LogP contribution in [0.5, 0.6) is 0 Å². The second kappa shape index (κ2) is 9.43. The SMILES string of the molecule is Cc1noc(C)c1CSCC(=O)Nc1ccc(NC(=O)CC(C)C)cc1. The van der Waals surface area contributed by atoms with Gasteiger partial charge in [0.2, 0.25) is 11.8 Å². The van der Waals surface area contributed by atoms with Crippen molar-refractivity contribution in [2.75, 3.05) is 16.4 Å². The third-order valence-electron chi connectivity index (χ3n) is 3.71. The summed E-state index contributed by atoms with van der Waals surface area (Å²) >= 11 is 1.51. The molecule has 0 fully saturated rings. The molecule has 2 N–H and O–H groups in total. The molecular formula is C19H25N3O3S. The molecule has 1 heterocycles. The van der Waals surface area contributed by atoms with Crippen molar-refractivity contribution in [1.82, 2.24) is 5.16 Å². The highest BCUT2D eigenvalue weighted by Crippen LogP contribution is 2.20. The largest absolute Gasteiger partial charge is 0.361 e. The number of nitrogens with one attached hydrogen (secondary N) is 2. The summed E-state index contributed by atoms with van der Waals surface area (Å²) in [4.78, 5) is 23.8. The number of aryl methyl sites for hydroxylation is 2. The number of thioether (sulfide) groups is 1. The van der Waals surface area contributed by atoms with Gasteiger partial charge < -0.3 is 15.2 Å². The molecule has 0 saturated carbocycles. The molecule has 6 nitrogen and oxygen atoms in total. The molecule has 0 aliphatic rings. The molecule has 0 unspecified atom stereocenters. The van der Waals surface area contributed by atoms with E-state index >= 15 is 0 Å². The molecule has 0 radical (unpaired) electrons. The summed E-state index contributed by atoms with van der Waals surface area (Å²) in [6.07, 6.45) is 0.487. The van der Waals surface area contributed by atoms with Gasteiger partial charge in [0.05, 0.1) is 11.4 Å². The van der Waals surface area contributed by atoms with Gasteiger partial charge in [0.25, 0.3) is 0 Å². The summed E-state index contributed by atoms with van der Waals surface area (Å²) < 4.78 is 5.11. The van der Waals surface area contributed by atoms with Crippen LogP contribution in [0.25, 0.3) is 0 Å². The van der Waals surface area contributed by atoms with E-state index in [-0.39, 0.29) is 11.8 Å². The molecular weight excluding hydrogens is 350 g/mol. The Balaban J connectivity index is 1.77. The van der Waals surface area contributed by atoms with Crippen LogP contribution in [0, 0.1) is 19.8 Å². The standard InChI is InChI=1S/C19H25N3O3S/c1-12(2)9-18(23)20-15-5-7-16(8-6-15)21-19(24)11-26-10-17-13(3)22-25-14(17)4/h5-8,12H,9-11H2,1-4H3,(H,20,23)(H,21,24). The molecule has 26 heavy (non-hydrogen) atoms. The lowest BCUT2D eigenvalue weighted by Crippen LogP contribution is -2.15. The van der Waals surface area contributed by atoms with E-state index in [1.54, 1.807) is 24.3 Å². The third kappa shape index (κ3) is 6.22. The predicted octanol–water partition coefficient (Wildman–Crippen LogP) is 4.15. The molecule has 140 valence electrons. The minimum absolute atomic E-state index is 0.00694. The lowest BCUT2D eigenvalue weighted by Gasteiger charge is -2.09. The number of rotatable bonds is 8. The van der Waals surface area contributed by atoms with Crippen LogP contribution >= 0.6 is 11.8 Å². The monoisotopic (exact) mass is 375 g/mol. The first-order chi connectivity index (χ1) is 12.3. The second-order valence-corrected chi connectivity index (χ2v) is 7.55. The Hall–Kier alpha value is -2.28. The molecule has 7 heteroatoms. The number of amides is 2. The zero-order chi connectivity index (χ0) is 19.1. The molecule has 0 atom stereocenters. The lowest BCUT2D eigenvalue weighted by atomic mass is 10.1. The van der Waals surface area contributed by atoms with Gasteiger partial charge in [-0.2, -0.15) is 0 Å². The normalized spacial score (nSPS) is 10.8. The topological polar surface area (TPSA) is 84.2 Å². The van der Waals surface area contributed by atoms with Crippen molar-refractivity contribution in [2.24, 2.45) is 5.92 Å². The summed E-state index contributed by atoms with van der Waals surface area (Å²) in [5.41, 5.74) is 3.34. The van der Waals surface area contributed by atoms with Gasteiger partial charge in [0.1, 0.15) is 5.76 Å². The van der Waals surface area contributed by atoms with Crippen molar-refractivity contribution < 1.29 is 14.1 Å². The number of hydrogen-bond acceptors (Lipinski definition) is 5. The van der Waals surface area contributed by atoms with Gasteiger partial charge in [-0.3, -0.25) is 9.59 Å². The number of carbonyl (C=O) groups is 2. The summed E-state index contributed by atoms with van der Waals surface area (Å²) in [6.45, 7) is 7.77. The Labute approximate surface area is 158 Å². The average Bonchev–Trinajstić information content (AvgIpc) is 2.88. The van der Waals surface area contributed by atoms with Gasteiger partial charge >= 0.3 is 0 Å². The maximum absolute atomic E-state index is 12.1. The minimum atomic E-state index is -0.0710. The fraction of sp³-hybridized carbons (Fsp3) is 0.421. The van der Waals surface area contributed by atoms with Crippen LogP contribution < -0.4 is 10.6 Å². The van der Waals surface area contributed by atoms with E-state index in [1.165, 1.54) is 11.8 Å². The molecule has 2 amide bonds. The Bertz CT molecular complexity index is 734. The third-order valence-corrected chi connectivity index (χ3v) is 4.67. The van der Waals surface area contributed by atoms with E-state index in [0.29, 0.717) is 29.5 Å². The number of nitrogens with zero attached hydrogens (tertiary/aromatic N) is 1. The quantitative estimate of drug-likeness (QED) is 0.724. The molecule has 0 aliphatic heterocycles. The van der Waals surface area contributed by atoms with Gasteiger partial charge in [-0.1, -0.05) is 19.0 Å². The van der Waals surface area contributed by atoms with E-state index in [0.717, 1.165) is 22.7 Å². The Morgan fingerprint density at radius 3 is 2.15 bits per heavy atom. The summed E-state index contributed by atoms with van der Waals surface area (Å²) in [5, 5.41) is 9.60. The van der Waals surface area contributed by atoms with Crippen LogP contribution in [0.15, 0.2) is 28.8 Å². The molecule has 0 bridgehead atoms. The molecule has 2 rings (SSSR count). The maximum atomic E-state index is 12.1. The number of anilines is 2. The van der Waals surface area contributed by atoms with Crippen molar-refractivity contribution >= 4 is 35.0 Å². The molecule has 1 aromatic heterocycles. The Morgan fingerprint density at radius 1 is 1.08 bits per heavy atom. The molecule has 1 aromatic carbocycles. The van der Waals surface area contributed by atoms with E-state index in [4.69, 9.17) is 4.52 Å². The highest BCUT2D eigenvalue weighted by atomic mass is 32.2. The maximum Gasteiger partial charge on any atom is 0.234 e. The summed E-state index contributed by atoms with van der Waals surface area (Å²) in [6, 6.07) is 7.12. The first-order valence-corrected chi connectivity index (χ1v) is 9.70. The summed E-state index contributed by atoms with van der Waals surface area (Å²) in [7, 11) is 0. The first-order valence-electron chi connectivity index (χ1n) is 8.54. The number of hydrogen-bond donors (Lipinski definition) is 2. The van der Waals surface area contributed by atoms with E-state index in [9.17, 15) is 9.59 Å². The molecule has 0 aliphatic carbocycles. The van der Waals surface area contributed by atoms with Gasteiger partial charge in [-0.15, -0.1) is 11.8 Å². The first kappa shape index (κ1) is 20.0. The van der Waals surface area contributed by atoms with Crippen molar-refractivity contribution in [3.8, 4) is 0 Å². The fourth-order valence-corrected chi connectivity index (χ4v) is 3.35. The van der Waals surface area contributed by atoms with Crippen molar-refractivity contribution in [3.63, 3.8) is 0 Å². The van der Waals surface area contributed by atoms with Crippen LogP contribution in [0.2, 0.25) is 0 Å². The average molecular weight is 375 g/mol. The van der Waals surface area contributed by atoms with Crippen molar-refractivity contribution in [1.29, 1.82) is 0 Å². The zero-order valence-electron chi connectivity index (χ0n) is 15.6. The molecule has 0 spiro atoms. The van der Waals surface area contributed by atoms with Crippen LogP contribution in [-0.2, 0) is 15.3 Å². The minimum Gasteiger partial charge on any atom is -0.361 e. The van der Waals surface area contributed by atoms with Crippen LogP contribution in [-0.4, -0.2) is 22.7 Å². The van der Waals surface area contributed by atoms with Crippen molar-refractivity contribution in [3.05, 3.63) is 41.3 Å². The predicted molar refractivity (Wildman–Crippen MR) is 105 cm³/mol.